The molecule has 2 aromatic carbocycles. The minimum atomic E-state index is -3.89. The van der Waals surface area contributed by atoms with Gasteiger partial charge < -0.3 is 0 Å². The third-order valence-electron chi connectivity index (χ3n) is 5.25. The van der Waals surface area contributed by atoms with E-state index < -0.39 is 31.7 Å². The molecule has 1 fully saturated rings. The summed E-state index contributed by atoms with van der Waals surface area (Å²) >= 11 is 0. The van der Waals surface area contributed by atoms with Crippen LogP contribution in [0.3, 0.4) is 0 Å². The Kier molecular flexibility index (Phi) is 6.61. The number of benzene rings is 2. The molecule has 0 spiro atoms. The van der Waals surface area contributed by atoms with Crippen LogP contribution >= 0.6 is 0 Å². The number of aryl methyl sites for hydroxylation is 2. The topological polar surface area (TPSA) is 92.3 Å². The Morgan fingerprint density at radius 3 is 1.37 bits per heavy atom. The smallest absolute Gasteiger partial charge is 0.208 e. The molecule has 3 rings (SSSR count). The standard InChI is InChI=1S/C20H24F2N2O4S2/c1-13-3-5-15(21)11-19(13)29(25,26)23-17-7-9-18(10-8-17)24-30(27,28)20-12-16(22)6-4-14(20)2/h3-6,11-12,17-18,23-24H,7-10H2,1-2H3. The number of halogens is 2. The van der Waals surface area contributed by atoms with E-state index in [9.17, 15) is 25.6 Å². The highest BCUT2D eigenvalue weighted by molar-refractivity contribution is 7.89. The Bertz CT molecular complexity index is 1050. The lowest BCUT2D eigenvalue weighted by Gasteiger charge is -2.29. The van der Waals surface area contributed by atoms with Gasteiger partial charge in [0, 0.05) is 12.1 Å². The molecule has 164 valence electrons. The van der Waals surface area contributed by atoms with Crippen molar-refractivity contribution in [1.82, 2.24) is 9.44 Å². The van der Waals surface area contributed by atoms with Gasteiger partial charge >= 0.3 is 0 Å². The Balaban J connectivity index is 1.63. The largest absolute Gasteiger partial charge is 0.241 e. The van der Waals surface area contributed by atoms with Crippen LogP contribution in [-0.4, -0.2) is 28.9 Å². The van der Waals surface area contributed by atoms with Crippen LogP contribution in [0, 0.1) is 25.5 Å². The molecule has 30 heavy (non-hydrogen) atoms. The van der Waals surface area contributed by atoms with E-state index >= 15 is 0 Å². The second kappa shape index (κ2) is 8.70. The van der Waals surface area contributed by atoms with Gasteiger partial charge in [-0.3, -0.25) is 0 Å². The van der Waals surface area contributed by atoms with Crippen LogP contribution in [0.1, 0.15) is 36.8 Å². The summed E-state index contributed by atoms with van der Waals surface area (Å²) in [4.78, 5) is -0.209. The van der Waals surface area contributed by atoms with E-state index in [0.29, 0.717) is 36.8 Å². The van der Waals surface area contributed by atoms with E-state index in [1.54, 1.807) is 13.8 Å². The molecule has 1 aliphatic carbocycles. The Morgan fingerprint density at radius 2 is 1.03 bits per heavy atom. The summed E-state index contributed by atoms with van der Waals surface area (Å²) in [6.45, 7) is 3.18. The normalized spacial score (nSPS) is 20.3. The van der Waals surface area contributed by atoms with Crippen LogP contribution in [-0.2, 0) is 20.0 Å². The number of hydrogen-bond donors (Lipinski definition) is 2. The maximum absolute atomic E-state index is 13.5. The fraction of sp³-hybridized carbons (Fsp3) is 0.400. The van der Waals surface area contributed by atoms with E-state index in [1.807, 2.05) is 0 Å². The zero-order valence-corrected chi connectivity index (χ0v) is 18.3. The highest BCUT2D eigenvalue weighted by atomic mass is 32.2. The van der Waals surface area contributed by atoms with Crippen LogP contribution in [0.4, 0.5) is 8.78 Å². The molecule has 2 N–H and O–H groups in total. The second-order valence-electron chi connectivity index (χ2n) is 7.61. The predicted octanol–water partition coefficient (Wildman–Crippen LogP) is 3.15. The summed E-state index contributed by atoms with van der Waals surface area (Å²) in [5.41, 5.74) is 0.881. The molecular formula is C20H24F2N2O4S2. The molecule has 0 amide bonds. The van der Waals surface area contributed by atoms with Crippen LogP contribution in [0.5, 0.6) is 0 Å². The summed E-state index contributed by atoms with van der Waals surface area (Å²) < 4.78 is 82.6. The number of hydrogen-bond acceptors (Lipinski definition) is 4. The molecule has 0 aromatic heterocycles. The van der Waals surface area contributed by atoms with Gasteiger partial charge in [-0.25, -0.2) is 35.1 Å². The fourth-order valence-corrected chi connectivity index (χ4v) is 6.74. The zero-order valence-electron chi connectivity index (χ0n) is 16.7. The molecule has 2 aromatic rings. The second-order valence-corrected chi connectivity index (χ2v) is 11.0. The minimum Gasteiger partial charge on any atom is -0.208 e. The highest BCUT2D eigenvalue weighted by Crippen LogP contribution is 2.24. The van der Waals surface area contributed by atoms with Gasteiger partial charge in [0.2, 0.25) is 20.0 Å². The van der Waals surface area contributed by atoms with Crippen molar-refractivity contribution in [3.63, 3.8) is 0 Å². The molecule has 10 heteroatoms. The van der Waals surface area contributed by atoms with Gasteiger partial charge in [-0.05, 0) is 74.9 Å². The molecular weight excluding hydrogens is 434 g/mol. The van der Waals surface area contributed by atoms with Crippen molar-refractivity contribution in [3.8, 4) is 0 Å². The van der Waals surface area contributed by atoms with Crippen molar-refractivity contribution in [3.05, 3.63) is 59.2 Å². The first-order valence-electron chi connectivity index (χ1n) is 9.55. The quantitative estimate of drug-likeness (QED) is 0.696. The average Bonchev–Trinajstić information content (AvgIpc) is 2.66. The van der Waals surface area contributed by atoms with Gasteiger partial charge in [-0.2, -0.15) is 0 Å². The van der Waals surface area contributed by atoms with Gasteiger partial charge in [-0.1, -0.05) is 12.1 Å². The molecule has 1 aliphatic rings. The fourth-order valence-electron chi connectivity index (χ4n) is 3.62. The zero-order chi connectivity index (χ0) is 22.1. The number of sulfonamides is 2. The molecule has 1 saturated carbocycles. The molecule has 0 unspecified atom stereocenters. The molecule has 0 aliphatic heterocycles. The van der Waals surface area contributed by atoms with Gasteiger partial charge in [0.25, 0.3) is 0 Å². The maximum atomic E-state index is 13.5. The Labute approximate surface area is 175 Å². The Hall–Kier alpha value is -1.88. The van der Waals surface area contributed by atoms with Gasteiger partial charge in [0.15, 0.2) is 0 Å². The van der Waals surface area contributed by atoms with E-state index in [4.69, 9.17) is 0 Å². The van der Waals surface area contributed by atoms with Crippen LogP contribution in [0.2, 0.25) is 0 Å². The third-order valence-corrected chi connectivity index (χ3v) is 8.58. The minimum absolute atomic E-state index is 0.105. The number of rotatable bonds is 6. The van der Waals surface area contributed by atoms with Crippen molar-refractivity contribution < 1.29 is 25.6 Å². The van der Waals surface area contributed by atoms with Crippen LogP contribution in [0.25, 0.3) is 0 Å². The van der Waals surface area contributed by atoms with E-state index in [1.165, 1.54) is 24.3 Å². The third kappa shape index (κ3) is 5.23. The lowest BCUT2D eigenvalue weighted by atomic mass is 9.92. The van der Waals surface area contributed by atoms with Crippen molar-refractivity contribution >= 4 is 20.0 Å². The molecule has 0 bridgehead atoms. The van der Waals surface area contributed by atoms with Crippen LogP contribution in [0.15, 0.2) is 46.2 Å². The van der Waals surface area contributed by atoms with Crippen molar-refractivity contribution in [2.45, 2.75) is 61.4 Å². The lowest BCUT2D eigenvalue weighted by Crippen LogP contribution is -2.43. The maximum Gasteiger partial charge on any atom is 0.241 e. The average molecular weight is 459 g/mol. The first kappa shape index (κ1) is 22.8. The molecule has 6 nitrogen and oxygen atoms in total. The molecule has 0 heterocycles. The van der Waals surface area contributed by atoms with Crippen molar-refractivity contribution in [2.75, 3.05) is 0 Å². The van der Waals surface area contributed by atoms with Gasteiger partial charge in [-0.15, -0.1) is 0 Å². The van der Waals surface area contributed by atoms with Crippen LogP contribution < -0.4 is 9.44 Å². The summed E-state index contributed by atoms with van der Waals surface area (Å²) in [5, 5.41) is 0. The predicted molar refractivity (Wildman–Crippen MR) is 109 cm³/mol. The summed E-state index contributed by atoms with van der Waals surface area (Å²) in [5.74, 6) is -1.27. The lowest BCUT2D eigenvalue weighted by molar-refractivity contribution is 0.356. The molecule has 0 saturated heterocycles. The highest BCUT2D eigenvalue weighted by Gasteiger charge is 2.29. The monoisotopic (exact) mass is 458 g/mol. The SMILES string of the molecule is Cc1ccc(F)cc1S(=O)(=O)NC1CCC(NS(=O)(=O)c2cc(F)ccc2C)CC1. The van der Waals surface area contributed by atoms with E-state index in [2.05, 4.69) is 9.44 Å². The van der Waals surface area contributed by atoms with E-state index in [0.717, 1.165) is 12.1 Å². The van der Waals surface area contributed by atoms with Gasteiger partial charge in [0.1, 0.15) is 11.6 Å². The van der Waals surface area contributed by atoms with Crippen molar-refractivity contribution in [1.29, 1.82) is 0 Å². The first-order valence-corrected chi connectivity index (χ1v) is 12.5. The van der Waals surface area contributed by atoms with E-state index in [-0.39, 0.29) is 21.9 Å². The molecule has 0 atom stereocenters. The number of nitrogens with one attached hydrogen (secondary N) is 2. The summed E-state index contributed by atoms with van der Waals surface area (Å²) in [7, 11) is -7.78. The molecule has 0 radical (unpaired) electrons. The first-order chi connectivity index (χ1) is 14.0. The summed E-state index contributed by atoms with van der Waals surface area (Å²) in [6, 6.07) is 6.42. The summed E-state index contributed by atoms with van der Waals surface area (Å²) in [6.07, 6.45) is 1.68. The van der Waals surface area contributed by atoms with Crippen molar-refractivity contribution in [2.24, 2.45) is 0 Å². The Morgan fingerprint density at radius 1 is 0.700 bits per heavy atom. The van der Waals surface area contributed by atoms with Gasteiger partial charge in [0.05, 0.1) is 9.79 Å².